The summed E-state index contributed by atoms with van der Waals surface area (Å²) in [6.45, 7) is 0.411. The first-order valence-corrected chi connectivity index (χ1v) is 11.8. The van der Waals surface area contributed by atoms with Crippen LogP contribution < -0.4 is 20.8 Å². The molecular formula is C22H26BrF3N4O5. The third-order valence-corrected chi connectivity index (χ3v) is 6.64. The van der Waals surface area contributed by atoms with Gasteiger partial charge in [0.05, 0.1) is 0 Å². The minimum absolute atomic E-state index is 0.0323. The van der Waals surface area contributed by atoms with Crippen LogP contribution in [0.4, 0.5) is 18.0 Å². The second-order valence-corrected chi connectivity index (χ2v) is 9.49. The molecule has 0 radical (unpaired) electrons. The zero-order chi connectivity index (χ0) is 25.8. The van der Waals surface area contributed by atoms with Crippen LogP contribution in [0.2, 0.25) is 0 Å². The van der Waals surface area contributed by atoms with Gasteiger partial charge in [0.2, 0.25) is 0 Å². The van der Waals surface area contributed by atoms with Crippen LogP contribution in [0.25, 0.3) is 0 Å². The van der Waals surface area contributed by atoms with Gasteiger partial charge in [-0.3, -0.25) is 9.59 Å². The third-order valence-electron chi connectivity index (χ3n) is 5.99. The Hall–Kier alpha value is -2.83. The summed E-state index contributed by atoms with van der Waals surface area (Å²) in [5, 5.41) is 9.17. The molecule has 0 saturated heterocycles. The maximum atomic E-state index is 12.5. The van der Waals surface area contributed by atoms with Crippen molar-refractivity contribution in [3.8, 4) is 5.75 Å². The molecule has 0 aromatic heterocycles. The van der Waals surface area contributed by atoms with E-state index in [2.05, 4.69) is 37.1 Å². The molecule has 1 atom stereocenters. The van der Waals surface area contributed by atoms with Gasteiger partial charge in [-0.15, -0.1) is 0 Å². The van der Waals surface area contributed by atoms with Crippen LogP contribution in [0.1, 0.15) is 44.6 Å². The van der Waals surface area contributed by atoms with Crippen molar-refractivity contribution in [2.75, 3.05) is 13.7 Å². The number of hydrogen-bond donors (Lipinski definition) is 3. The van der Waals surface area contributed by atoms with Crippen molar-refractivity contribution in [1.29, 1.82) is 0 Å². The fourth-order valence-electron chi connectivity index (χ4n) is 4.38. The smallest absolute Gasteiger partial charge is 0.428 e. The molecule has 3 amide bonds. The molecule has 3 N–H and O–H groups in total. The Morgan fingerprint density at radius 3 is 2.60 bits per heavy atom. The van der Waals surface area contributed by atoms with E-state index in [9.17, 15) is 27.6 Å². The number of alkyl halides is 3. The lowest BCUT2D eigenvalue weighted by atomic mass is 9.73. The maximum Gasteiger partial charge on any atom is 0.428 e. The largest absolute Gasteiger partial charge is 0.484 e. The van der Waals surface area contributed by atoms with Gasteiger partial charge in [-0.2, -0.15) is 18.3 Å². The molecule has 1 heterocycles. The van der Waals surface area contributed by atoms with Crippen LogP contribution in [0, 0.1) is 5.92 Å². The van der Waals surface area contributed by atoms with E-state index in [1.165, 1.54) is 19.2 Å². The third kappa shape index (κ3) is 6.86. The number of likely N-dealkylation sites (N-methyl/N-ethyl adjacent to an activating group) is 1. The zero-order valence-corrected chi connectivity index (χ0v) is 20.7. The van der Waals surface area contributed by atoms with Crippen LogP contribution >= 0.6 is 15.9 Å². The highest BCUT2D eigenvalue weighted by Crippen LogP contribution is 2.42. The number of carbonyl (C=O) groups is 3. The Morgan fingerprint density at radius 2 is 2.00 bits per heavy atom. The van der Waals surface area contributed by atoms with Crippen molar-refractivity contribution >= 4 is 39.5 Å². The van der Waals surface area contributed by atoms with Crippen LogP contribution in [0.15, 0.2) is 27.8 Å². The molecule has 2 aliphatic rings. The predicted molar refractivity (Wildman–Crippen MR) is 123 cm³/mol. The van der Waals surface area contributed by atoms with Crippen molar-refractivity contribution in [2.45, 2.75) is 56.8 Å². The van der Waals surface area contributed by atoms with Crippen LogP contribution in [0.3, 0.4) is 0 Å². The van der Waals surface area contributed by atoms with E-state index in [0.29, 0.717) is 47.9 Å². The number of hydrogen-bond acceptors (Lipinski definition) is 6. The van der Waals surface area contributed by atoms with E-state index in [-0.39, 0.29) is 17.7 Å². The Morgan fingerprint density at radius 1 is 1.31 bits per heavy atom. The van der Waals surface area contributed by atoms with E-state index < -0.39 is 36.3 Å². The minimum Gasteiger partial charge on any atom is -0.484 e. The number of nitrogens with zero attached hydrogens (tertiary/aromatic N) is 1. The molecule has 35 heavy (non-hydrogen) atoms. The van der Waals surface area contributed by atoms with E-state index in [0.717, 1.165) is 0 Å². The lowest BCUT2D eigenvalue weighted by Gasteiger charge is -2.42. The van der Waals surface area contributed by atoms with Gasteiger partial charge in [0.1, 0.15) is 11.5 Å². The van der Waals surface area contributed by atoms with Crippen LogP contribution in [0.5, 0.6) is 5.75 Å². The molecule has 0 bridgehead atoms. The summed E-state index contributed by atoms with van der Waals surface area (Å²) in [5.41, 5.74) is 2.34. The molecule has 1 fully saturated rings. The number of amides is 3. The first kappa shape index (κ1) is 26.8. The molecule has 3 rings (SSSR count). The Labute approximate surface area is 208 Å². The van der Waals surface area contributed by atoms with E-state index >= 15 is 0 Å². The van der Waals surface area contributed by atoms with Crippen molar-refractivity contribution in [2.24, 2.45) is 11.0 Å². The van der Waals surface area contributed by atoms with Crippen molar-refractivity contribution in [3.05, 3.63) is 28.2 Å². The van der Waals surface area contributed by atoms with Crippen LogP contribution in [-0.2, 0) is 14.3 Å². The molecule has 1 aliphatic heterocycles. The van der Waals surface area contributed by atoms with Gasteiger partial charge >= 0.3 is 24.1 Å². The fraction of sp³-hybridized carbons (Fsp3) is 0.545. The normalized spacial score (nSPS) is 23.0. The lowest BCUT2D eigenvalue weighted by Crippen LogP contribution is -2.52. The molecule has 1 aromatic rings. The van der Waals surface area contributed by atoms with E-state index in [1.54, 1.807) is 6.07 Å². The Kier molecular flexibility index (Phi) is 8.29. The molecule has 1 saturated carbocycles. The molecular weight excluding hydrogens is 537 g/mol. The SMILES string of the molecule is CNC(=O)C(=O)N[C@@H](C)CC1CCC2(CC1)OC(=O)NN=C2c1ccc(OCC(F)(F)F)cc1Br. The molecule has 192 valence electrons. The van der Waals surface area contributed by atoms with Gasteiger partial charge in [-0.25, -0.2) is 10.2 Å². The standard InChI is InChI=1S/C22H26BrF3N4O5/c1-12(28-19(32)18(31)27-2)9-13-5-7-21(8-6-13)17(29-30-20(33)35-21)15-4-3-14(10-16(15)23)34-11-22(24,25)26/h3-4,10,12-13H,5-9,11H2,1-2H3,(H,27,31)(H,28,32)(H,30,33)/t12-,13?,21?/m0/s1. The first-order valence-electron chi connectivity index (χ1n) is 11.0. The first-order chi connectivity index (χ1) is 16.4. The summed E-state index contributed by atoms with van der Waals surface area (Å²) >= 11 is 3.37. The van der Waals surface area contributed by atoms with Gasteiger partial charge in [0.15, 0.2) is 12.2 Å². The highest BCUT2D eigenvalue weighted by Gasteiger charge is 2.47. The molecule has 1 aromatic carbocycles. The second kappa shape index (κ2) is 10.8. The topological polar surface area (TPSA) is 118 Å². The second-order valence-electron chi connectivity index (χ2n) is 8.63. The fourth-order valence-corrected chi connectivity index (χ4v) is 4.93. The molecule has 0 unspecified atom stereocenters. The molecule has 9 nitrogen and oxygen atoms in total. The number of ether oxygens (including phenoxy) is 2. The van der Waals surface area contributed by atoms with Gasteiger partial charge in [0, 0.05) is 23.1 Å². The molecule has 1 spiro atoms. The van der Waals surface area contributed by atoms with Crippen molar-refractivity contribution < 1.29 is 37.0 Å². The van der Waals surface area contributed by atoms with Gasteiger partial charge in [-0.05, 0) is 79.1 Å². The highest BCUT2D eigenvalue weighted by molar-refractivity contribution is 9.10. The summed E-state index contributed by atoms with van der Waals surface area (Å²) in [4.78, 5) is 35.2. The molecule has 13 heteroatoms. The Balaban J connectivity index is 1.69. The lowest BCUT2D eigenvalue weighted by molar-refractivity contribution is -0.153. The Bertz CT molecular complexity index is 1010. The van der Waals surface area contributed by atoms with Gasteiger partial charge < -0.3 is 20.1 Å². The minimum atomic E-state index is -4.46. The average molecular weight is 563 g/mol. The summed E-state index contributed by atoms with van der Waals surface area (Å²) in [5.74, 6) is -1.15. The van der Waals surface area contributed by atoms with Gasteiger partial charge in [0.25, 0.3) is 0 Å². The van der Waals surface area contributed by atoms with E-state index in [4.69, 9.17) is 9.47 Å². The number of carbonyl (C=O) groups excluding carboxylic acids is 3. The highest BCUT2D eigenvalue weighted by atomic mass is 79.9. The van der Waals surface area contributed by atoms with Gasteiger partial charge in [-0.1, -0.05) is 0 Å². The number of rotatable bonds is 6. The predicted octanol–water partition coefficient (Wildman–Crippen LogP) is 3.40. The number of halogens is 4. The average Bonchev–Trinajstić information content (AvgIpc) is 2.79. The van der Waals surface area contributed by atoms with E-state index in [1.807, 2.05) is 6.92 Å². The summed E-state index contributed by atoms with van der Waals surface area (Å²) in [6.07, 6.45) is -2.19. The quantitative estimate of drug-likeness (QED) is 0.459. The van der Waals surface area contributed by atoms with Crippen molar-refractivity contribution in [3.63, 3.8) is 0 Å². The maximum absolute atomic E-state index is 12.5. The van der Waals surface area contributed by atoms with Crippen LogP contribution in [-0.4, -0.2) is 55.1 Å². The summed E-state index contributed by atoms with van der Waals surface area (Å²) < 4.78 is 48.3. The summed E-state index contributed by atoms with van der Waals surface area (Å²) in [6, 6.07) is 4.16. The number of benzene rings is 1. The zero-order valence-electron chi connectivity index (χ0n) is 19.1. The van der Waals surface area contributed by atoms with Crippen molar-refractivity contribution in [1.82, 2.24) is 16.1 Å². The number of hydrazone groups is 1. The summed E-state index contributed by atoms with van der Waals surface area (Å²) in [7, 11) is 1.38. The monoisotopic (exact) mass is 562 g/mol. The molecule has 1 aliphatic carbocycles. The number of nitrogens with one attached hydrogen (secondary N) is 3.